The molecule has 1 aliphatic rings. The Morgan fingerprint density at radius 1 is 1.14 bits per heavy atom. The lowest BCUT2D eigenvalue weighted by molar-refractivity contribution is -0.144. The van der Waals surface area contributed by atoms with Gasteiger partial charge in [-0.15, -0.1) is 11.3 Å². The topological polar surface area (TPSA) is 42.4 Å². The molecule has 1 amide bonds. The standard InChI is InChI=1S/C23H24N2O2S/c1-16-8-10-19(11-9-16)23-24-20(15-28-23)12-22(26)25-13-17(2)27-21(14-25)18-6-4-3-5-7-18/h3-11,15,17,21H,12-14H2,1-2H3. The highest BCUT2D eigenvalue weighted by Crippen LogP contribution is 2.27. The monoisotopic (exact) mass is 392 g/mol. The van der Waals surface area contributed by atoms with Gasteiger partial charge in [0.2, 0.25) is 5.91 Å². The van der Waals surface area contributed by atoms with Crippen LogP contribution in [-0.4, -0.2) is 35.0 Å². The van der Waals surface area contributed by atoms with E-state index in [1.54, 1.807) is 11.3 Å². The van der Waals surface area contributed by atoms with Crippen molar-refractivity contribution in [2.75, 3.05) is 13.1 Å². The van der Waals surface area contributed by atoms with Crippen molar-refractivity contribution in [3.8, 4) is 10.6 Å². The van der Waals surface area contributed by atoms with E-state index in [1.807, 2.05) is 35.4 Å². The van der Waals surface area contributed by atoms with Crippen molar-refractivity contribution in [3.63, 3.8) is 0 Å². The number of hydrogen-bond donors (Lipinski definition) is 0. The highest BCUT2D eigenvalue weighted by atomic mass is 32.1. The minimum Gasteiger partial charge on any atom is -0.367 e. The number of carbonyl (C=O) groups excluding carboxylic acids is 1. The fourth-order valence-electron chi connectivity index (χ4n) is 3.49. The summed E-state index contributed by atoms with van der Waals surface area (Å²) >= 11 is 1.59. The average molecular weight is 393 g/mol. The molecular weight excluding hydrogens is 368 g/mol. The first-order valence-electron chi connectivity index (χ1n) is 9.58. The van der Waals surface area contributed by atoms with Gasteiger partial charge in [0.1, 0.15) is 11.1 Å². The Morgan fingerprint density at radius 2 is 1.89 bits per heavy atom. The van der Waals surface area contributed by atoms with Crippen molar-refractivity contribution >= 4 is 17.2 Å². The molecule has 0 bridgehead atoms. The molecule has 1 aromatic heterocycles. The smallest absolute Gasteiger partial charge is 0.228 e. The third kappa shape index (κ3) is 4.32. The predicted molar refractivity (Wildman–Crippen MR) is 112 cm³/mol. The first kappa shape index (κ1) is 18.8. The molecule has 0 radical (unpaired) electrons. The molecule has 4 rings (SSSR count). The lowest BCUT2D eigenvalue weighted by atomic mass is 10.1. The third-order valence-electron chi connectivity index (χ3n) is 4.97. The van der Waals surface area contributed by atoms with Gasteiger partial charge in [-0.1, -0.05) is 60.2 Å². The summed E-state index contributed by atoms with van der Waals surface area (Å²) in [7, 11) is 0. The molecule has 1 fully saturated rings. The number of thiazole rings is 1. The van der Waals surface area contributed by atoms with E-state index < -0.39 is 0 Å². The summed E-state index contributed by atoms with van der Waals surface area (Å²) in [5.41, 5.74) is 4.27. The molecule has 3 aromatic rings. The van der Waals surface area contributed by atoms with Crippen LogP contribution in [0.5, 0.6) is 0 Å². The van der Waals surface area contributed by atoms with Gasteiger partial charge in [0.15, 0.2) is 0 Å². The molecular formula is C23H24N2O2S. The predicted octanol–water partition coefficient (Wildman–Crippen LogP) is 4.65. The van der Waals surface area contributed by atoms with Crippen molar-refractivity contribution in [2.24, 2.45) is 0 Å². The molecule has 1 aliphatic heterocycles. The van der Waals surface area contributed by atoms with E-state index in [0.717, 1.165) is 21.8 Å². The van der Waals surface area contributed by atoms with E-state index in [4.69, 9.17) is 4.74 Å². The van der Waals surface area contributed by atoms with Crippen LogP contribution in [0, 0.1) is 6.92 Å². The molecule has 2 aromatic carbocycles. The first-order valence-corrected chi connectivity index (χ1v) is 10.5. The zero-order chi connectivity index (χ0) is 19.5. The second-order valence-electron chi connectivity index (χ2n) is 7.33. The highest BCUT2D eigenvalue weighted by molar-refractivity contribution is 7.13. The number of aryl methyl sites for hydroxylation is 1. The van der Waals surface area contributed by atoms with Gasteiger partial charge in [-0.2, -0.15) is 0 Å². The number of amides is 1. The number of ether oxygens (including phenoxy) is 1. The van der Waals surface area contributed by atoms with Gasteiger partial charge in [0.25, 0.3) is 0 Å². The molecule has 0 N–H and O–H groups in total. The van der Waals surface area contributed by atoms with E-state index in [-0.39, 0.29) is 18.1 Å². The van der Waals surface area contributed by atoms with E-state index in [9.17, 15) is 4.79 Å². The molecule has 144 valence electrons. The second-order valence-corrected chi connectivity index (χ2v) is 8.19. The average Bonchev–Trinajstić information content (AvgIpc) is 3.17. The van der Waals surface area contributed by atoms with Crippen molar-refractivity contribution in [2.45, 2.75) is 32.5 Å². The van der Waals surface area contributed by atoms with E-state index in [0.29, 0.717) is 19.5 Å². The largest absolute Gasteiger partial charge is 0.367 e. The van der Waals surface area contributed by atoms with Crippen molar-refractivity contribution in [1.82, 2.24) is 9.88 Å². The van der Waals surface area contributed by atoms with Crippen LogP contribution in [0.4, 0.5) is 0 Å². The van der Waals surface area contributed by atoms with Gasteiger partial charge in [-0.3, -0.25) is 4.79 Å². The van der Waals surface area contributed by atoms with Crippen LogP contribution in [0.2, 0.25) is 0 Å². The fraction of sp³-hybridized carbons (Fsp3) is 0.304. The van der Waals surface area contributed by atoms with Crippen LogP contribution in [0.3, 0.4) is 0 Å². The van der Waals surface area contributed by atoms with Gasteiger partial charge < -0.3 is 9.64 Å². The Bertz CT molecular complexity index is 937. The number of hydrogen-bond acceptors (Lipinski definition) is 4. The third-order valence-corrected chi connectivity index (χ3v) is 5.91. The number of aromatic nitrogens is 1. The van der Waals surface area contributed by atoms with Crippen LogP contribution >= 0.6 is 11.3 Å². The van der Waals surface area contributed by atoms with Crippen LogP contribution in [0.1, 0.15) is 29.8 Å². The minimum atomic E-state index is -0.0764. The maximum atomic E-state index is 12.9. The van der Waals surface area contributed by atoms with E-state index >= 15 is 0 Å². The molecule has 2 atom stereocenters. The minimum absolute atomic E-state index is 0.0152. The number of morpholine rings is 1. The molecule has 2 unspecified atom stereocenters. The van der Waals surface area contributed by atoms with Gasteiger partial charge in [0.05, 0.1) is 24.8 Å². The normalized spacial score (nSPS) is 19.6. The molecule has 5 heteroatoms. The molecule has 0 saturated carbocycles. The summed E-state index contributed by atoms with van der Waals surface area (Å²) in [6, 6.07) is 18.4. The van der Waals surface area contributed by atoms with Crippen molar-refractivity contribution < 1.29 is 9.53 Å². The van der Waals surface area contributed by atoms with E-state index in [1.165, 1.54) is 5.56 Å². The summed E-state index contributed by atoms with van der Waals surface area (Å²) in [5, 5.41) is 2.95. The van der Waals surface area contributed by atoms with Gasteiger partial charge >= 0.3 is 0 Å². The lowest BCUT2D eigenvalue weighted by Gasteiger charge is -2.37. The van der Waals surface area contributed by atoms with Gasteiger partial charge in [0, 0.05) is 17.5 Å². The summed E-state index contributed by atoms with van der Waals surface area (Å²) in [4.78, 5) is 19.5. The maximum Gasteiger partial charge on any atom is 0.228 e. The summed E-state index contributed by atoms with van der Waals surface area (Å²) in [6.07, 6.45) is 0.269. The van der Waals surface area contributed by atoms with Crippen molar-refractivity contribution in [1.29, 1.82) is 0 Å². The van der Waals surface area contributed by atoms with Gasteiger partial charge in [-0.05, 0) is 19.4 Å². The molecule has 0 aliphatic carbocycles. The summed E-state index contributed by atoms with van der Waals surface area (Å²) in [6.45, 7) is 5.30. The van der Waals surface area contributed by atoms with Crippen LogP contribution < -0.4 is 0 Å². The zero-order valence-corrected chi connectivity index (χ0v) is 17.0. The van der Waals surface area contributed by atoms with Crippen LogP contribution in [0.25, 0.3) is 10.6 Å². The molecule has 1 saturated heterocycles. The quantitative estimate of drug-likeness (QED) is 0.649. The molecule has 0 spiro atoms. The lowest BCUT2D eigenvalue weighted by Crippen LogP contribution is -2.46. The van der Waals surface area contributed by atoms with Crippen LogP contribution in [-0.2, 0) is 16.0 Å². The number of nitrogens with zero attached hydrogens (tertiary/aromatic N) is 2. The first-order chi connectivity index (χ1) is 13.6. The molecule has 28 heavy (non-hydrogen) atoms. The Balaban J connectivity index is 1.44. The number of benzene rings is 2. The maximum absolute atomic E-state index is 12.9. The van der Waals surface area contributed by atoms with Crippen molar-refractivity contribution in [3.05, 3.63) is 76.8 Å². The SMILES string of the molecule is Cc1ccc(-c2nc(CC(=O)N3CC(C)OC(c4ccccc4)C3)cs2)cc1. The van der Waals surface area contributed by atoms with Gasteiger partial charge in [-0.25, -0.2) is 4.98 Å². The highest BCUT2D eigenvalue weighted by Gasteiger charge is 2.29. The zero-order valence-electron chi connectivity index (χ0n) is 16.2. The Kier molecular flexibility index (Phi) is 5.55. The van der Waals surface area contributed by atoms with Crippen LogP contribution in [0.15, 0.2) is 60.0 Å². The Hall–Kier alpha value is -2.50. The summed E-state index contributed by atoms with van der Waals surface area (Å²) in [5.74, 6) is 0.108. The Labute approximate surface area is 169 Å². The summed E-state index contributed by atoms with van der Waals surface area (Å²) < 4.78 is 6.07. The fourth-order valence-corrected chi connectivity index (χ4v) is 4.32. The number of rotatable bonds is 4. The second kappa shape index (κ2) is 8.25. The Morgan fingerprint density at radius 3 is 2.64 bits per heavy atom. The molecule has 2 heterocycles. The molecule has 4 nitrogen and oxygen atoms in total. The number of carbonyl (C=O) groups is 1. The van der Waals surface area contributed by atoms with E-state index in [2.05, 4.69) is 48.3 Å².